The molecule has 0 amide bonds. The summed E-state index contributed by atoms with van der Waals surface area (Å²) in [4.78, 5) is 22.2. The van der Waals surface area contributed by atoms with Gasteiger partial charge in [-0.25, -0.2) is 4.79 Å². The zero-order valence-corrected chi connectivity index (χ0v) is 12.0. The van der Waals surface area contributed by atoms with Crippen LogP contribution in [0.2, 0.25) is 5.54 Å². The molecule has 1 N–H and O–H groups in total. The van der Waals surface area contributed by atoms with Gasteiger partial charge in [0, 0.05) is 33.4 Å². The molecule has 1 aliphatic rings. The average molecular weight is 277 g/mol. The van der Waals surface area contributed by atoms with E-state index in [1.165, 1.54) is 21.3 Å². The van der Waals surface area contributed by atoms with Crippen molar-refractivity contribution in [3.05, 3.63) is 0 Å². The average Bonchev–Trinajstić information content (AvgIpc) is 2.68. The van der Waals surface area contributed by atoms with Crippen LogP contribution < -0.4 is 5.32 Å². The van der Waals surface area contributed by atoms with Gasteiger partial charge < -0.3 is 23.3 Å². The Kier molecular flexibility index (Phi) is 5.41. The van der Waals surface area contributed by atoms with Crippen LogP contribution in [0.5, 0.6) is 0 Å². The van der Waals surface area contributed by atoms with E-state index in [2.05, 4.69) is 10.1 Å². The van der Waals surface area contributed by atoms with Crippen molar-refractivity contribution >= 4 is 20.7 Å². The molecule has 7 nitrogen and oxygen atoms in total. The van der Waals surface area contributed by atoms with Gasteiger partial charge in [0.15, 0.2) is 0 Å². The third kappa shape index (κ3) is 3.15. The van der Waals surface area contributed by atoms with E-state index >= 15 is 0 Å². The van der Waals surface area contributed by atoms with Crippen LogP contribution in [0.4, 0.5) is 0 Å². The summed E-state index contributed by atoms with van der Waals surface area (Å²) in [5.41, 5.74) is -0.0546. The monoisotopic (exact) mass is 277 g/mol. The van der Waals surface area contributed by atoms with Gasteiger partial charge in [0.1, 0.15) is 6.04 Å². The number of ether oxygens (including phenoxy) is 1. The lowest BCUT2D eigenvalue weighted by molar-refractivity contribution is -0.152. The number of cyclic esters (lactones) is 2. The van der Waals surface area contributed by atoms with Gasteiger partial charge in [-0.3, -0.25) is 4.79 Å². The van der Waals surface area contributed by atoms with Gasteiger partial charge in [-0.2, -0.15) is 0 Å². The third-order valence-corrected chi connectivity index (χ3v) is 6.12. The minimum absolute atomic E-state index is 0.0546. The van der Waals surface area contributed by atoms with Gasteiger partial charge >= 0.3 is 20.7 Å². The Morgan fingerprint density at radius 1 is 1.33 bits per heavy atom. The molecule has 1 heterocycles. The fourth-order valence-corrected chi connectivity index (χ4v) is 4.00. The number of hydrogen-bond donors (Lipinski definition) is 1. The topological polar surface area (TPSA) is 83.1 Å². The SMILES string of the molecule is CO[Si](OC)(OC)C(C)CNC1CC(=O)OC1=O. The highest BCUT2D eigenvalue weighted by Crippen LogP contribution is 2.23. The molecule has 2 atom stereocenters. The Morgan fingerprint density at radius 3 is 2.28 bits per heavy atom. The van der Waals surface area contributed by atoms with E-state index in [4.69, 9.17) is 13.3 Å². The predicted molar refractivity (Wildman–Crippen MR) is 63.7 cm³/mol. The van der Waals surface area contributed by atoms with Gasteiger partial charge in [-0.1, -0.05) is 6.92 Å². The molecule has 0 aromatic carbocycles. The lowest BCUT2D eigenvalue weighted by Gasteiger charge is -2.30. The Bertz CT molecular complexity index is 311. The maximum atomic E-state index is 11.3. The highest BCUT2D eigenvalue weighted by atomic mass is 28.4. The summed E-state index contributed by atoms with van der Waals surface area (Å²) in [7, 11) is 1.86. The summed E-state index contributed by atoms with van der Waals surface area (Å²) in [6.07, 6.45) is 0.0626. The number of carbonyl (C=O) groups excluding carboxylic acids is 2. The molecule has 0 radical (unpaired) electrons. The smallest absolute Gasteiger partial charge is 0.392 e. The number of esters is 2. The van der Waals surface area contributed by atoms with Crippen LogP contribution in [0, 0.1) is 0 Å². The van der Waals surface area contributed by atoms with Crippen molar-refractivity contribution in [2.75, 3.05) is 27.9 Å². The van der Waals surface area contributed by atoms with Gasteiger partial charge in [0.05, 0.1) is 6.42 Å². The molecular formula is C10H19NO6Si. The number of rotatable bonds is 7. The Hall–Kier alpha value is -0.803. The van der Waals surface area contributed by atoms with E-state index in [9.17, 15) is 9.59 Å². The van der Waals surface area contributed by atoms with Gasteiger partial charge in [-0.15, -0.1) is 0 Å². The predicted octanol–water partition coefficient (Wildman–Crippen LogP) is -0.314. The normalized spacial score (nSPS) is 22.1. The van der Waals surface area contributed by atoms with Crippen molar-refractivity contribution < 1.29 is 27.6 Å². The van der Waals surface area contributed by atoms with Crippen LogP contribution in [0.1, 0.15) is 13.3 Å². The molecule has 0 aromatic heterocycles. The number of nitrogens with one attached hydrogen (secondary N) is 1. The quantitative estimate of drug-likeness (QED) is 0.388. The van der Waals surface area contributed by atoms with Gasteiger partial charge in [0.2, 0.25) is 0 Å². The lowest BCUT2D eigenvalue weighted by Crippen LogP contribution is -2.51. The Morgan fingerprint density at radius 2 is 1.89 bits per heavy atom. The van der Waals surface area contributed by atoms with E-state index in [1.807, 2.05) is 6.92 Å². The first kappa shape index (κ1) is 15.3. The Balaban J connectivity index is 2.52. The van der Waals surface area contributed by atoms with Crippen LogP contribution in [-0.4, -0.2) is 54.7 Å². The first-order valence-electron chi connectivity index (χ1n) is 5.62. The molecule has 1 saturated heterocycles. The van der Waals surface area contributed by atoms with Crippen molar-refractivity contribution in [1.29, 1.82) is 0 Å². The van der Waals surface area contributed by atoms with Crippen molar-refractivity contribution in [2.24, 2.45) is 0 Å². The van der Waals surface area contributed by atoms with Crippen molar-refractivity contribution in [1.82, 2.24) is 5.32 Å². The van der Waals surface area contributed by atoms with Crippen LogP contribution >= 0.6 is 0 Å². The number of carbonyl (C=O) groups is 2. The molecule has 1 fully saturated rings. The second-order valence-electron chi connectivity index (χ2n) is 4.08. The third-order valence-electron chi connectivity index (χ3n) is 3.00. The zero-order valence-electron chi connectivity index (χ0n) is 11.0. The zero-order chi connectivity index (χ0) is 13.8. The molecule has 1 rings (SSSR count). The first-order chi connectivity index (χ1) is 8.49. The maximum Gasteiger partial charge on any atom is 0.504 e. The second kappa shape index (κ2) is 6.39. The van der Waals surface area contributed by atoms with E-state index in [0.29, 0.717) is 6.54 Å². The standard InChI is InChI=1S/C10H19NO6Si/c1-7(18(14-2,15-3)16-4)6-11-8-5-9(12)17-10(8)13/h7-8,11H,5-6H2,1-4H3. The van der Waals surface area contributed by atoms with Gasteiger partial charge in [-0.05, 0) is 0 Å². The van der Waals surface area contributed by atoms with Crippen molar-refractivity contribution in [2.45, 2.75) is 24.9 Å². The largest absolute Gasteiger partial charge is 0.504 e. The summed E-state index contributed by atoms with van der Waals surface area (Å²) in [5.74, 6) is -1.04. The summed E-state index contributed by atoms with van der Waals surface area (Å²) < 4.78 is 20.4. The van der Waals surface area contributed by atoms with Crippen LogP contribution in [0.3, 0.4) is 0 Å². The molecule has 18 heavy (non-hydrogen) atoms. The highest BCUT2D eigenvalue weighted by molar-refractivity contribution is 6.62. The Labute approximate surface area is 107 Å². The number of hydrogen-bond acceptors (Lipinski definition) is 7. The van der Waals surface area contributed by atoms with E-state index < -0.39 is 26.8 Å². The highest BCUT2D eigenvalue weighted by Gasteiger charge is 2.45. The van der Waals surface area contributed by atoms with E-state index in [-0.39, 0.29) is 12.0 Å². The van der Waals surface area contributed by atoms with E-state index in [0.717, 1.165) is 0 Å². The molecule has 0 spiro atoms. The van der Waals surface area contributed by atoms with Crippen molar-refractivity contribution in [3.63, 3.8) is 0 Å². The van der Waals surface area contributed by atoms with Crippen LogP contribution in [0.25, 0.3) is 0 Å². The van der Waals surface area contributed by atoms with Crippen LogP contribution in [-0.2, 0) is 27.6 Å². The molecule has 0 bridgehead atoms. The molecule has 0 aliphatic carbocycles. The van der Waals surface area contributed by atoms with Crippen molar-refractivity contribution in [3.8, 4) is 0 Å². The van der Waals surface area contributed by atoms with Gasteiger partial charge in [0.25, 0.3) is 0 Å². The van der Waals surface area contributed by atoms with Crippen LogP contribution in [0.15, 0.2) is 0 Å². The minimum Gasteiger partial charge on any atom is -0.392 e. The fraction of sp³-hybridized carbons (Fsp3) is 0.800. The molecule has 8 heteroatoms. The summed E-state index contributed by atoms with van der Waals surface area (Å²) in [6.45, 7) is 2.34. The molecule has 104 valence electrons. The summed E-state index contributed by atoms with van der Waals surface area (Å²) in [5, 5.41) is 2.97. The second-order valence-corrected chi connectivity index (χ2v) is 7.49. The fourth-order valence-electron chi connectivity index (χ4n) is 1.93. The summed E-state index contributed by atoms with van der Waals surface area (Å²) >= 11 is 0. The lowest BCUT2D eigenvalue weighted by atomic mass is 10.2. The minimum atomic E-state index is -2.73. The first-order valence-corrected chi connectivity index (χ1v) is 7.42. The molecule has 0 saturated carbocycles. The molecule has 2 unspecified atom stereocenters. The van der Waals surface area contributed by atoms with E-state index in [1.54, 1.807) is 0 Å². The molecule has 1 aliphatic heterocycles. The maximum absolute atomic E-state index is 11.3. The molecular weight excluding hydrogens is 258 g/mol. The molecule has 0 aromatic rings. The summed E-state index contributed by atoms with van der Waals surface area (Å²) in [6, 6.07) is -0.586.